The van der Waals surface area contributed by atoms with Crippen molar-refractivity contribution in [3.63, 3.8) is 0 Å². The summed E-state index contributed by atoms with van der Waals surface area (Å²) < 4.78 is 0. The Morgan fingerprint density at radius 3 is 1.91 bits per heavy atom. The monoisotopic (exact) mass is 284 g/mol. The zero-order chi connectivity index (χ0) is 15.2. The molecule has 0 atom stereocenters. The fourth-order valence-corrected chi connectivity index (χ4v) is 2.22. The summed E-state index contributed by atoms with van der Waals surface area (Å²) in [5, 5.41) is 2.40. The zero-order valence-corrected chi connectivity index (χ0v) is 12.2. The molecule has 2 aromatic heterocycles. The lowest BCUT2D eigenvalue weighted by Gasteiger charge is -1.99. The van der Waals surface area contributed by atoms with Crippen molar-refractivity contribution in [2.24, 2.45) is 0 Å². The second-order valence-corrected chi connectivity index (χ2v) is 4.86. The highest BCUT2D eigenvalue weighted by molar-refractivity contribution is 5.92. The van der Waals surface area contributed by atoms with Gasteiger partial charge in [0, 0.05) is 23.2 Å². The van der Waals surface area contributed by atoms with Crippen LogP contribution in [0.5, 0.6) is 0 Å². The highest BCUT2D eigenvalue weighted by atomic mass is 14.7. The lowest BCUT2D eigenvalue weighted by Crippen LogP contribution is -1.80. The van der Waals surface area contributed by atoms with E-state index in [0.29, 0.717) is 0 Å². The second-order valence-electron chi connectivity index (χ2n) is 4.86. The molecule has 0 aliphatic carbocycles. The summed E-state index contributed by atoms with van der Waals surface area (Å²) in [6.07, 6.45) is 5.28. The molecule has 0 spiro atoms. The van der Waals surface area contributed by atoms with Crippen LogP contribution >= 0.6 is 0 Å². The molecule has 0 saturated carbocycles. The number of pyridine rings is 2. The number of hydrogen-bond donors (Lipinski definition) is 0. The van der Waals surface area contributed by atoms with Crippen molar-refractivity contribution in [1.29, 1.82) is 0 Å². The van der Waals surface area contributed by atoms with Crippen molar-refractivity contribution in [2.45, 2.75) is 0 Å². The molecule has 106 valence electrons. The first kappa shape index (κ1) is 14.0. The summed E-state index contributed by atoms with van der Waals surface area (Å²) >= 11 is 0. The van der Waals surface area contributed by atoms with Gasteiger partial charge in [-0.15, -0.1) is 0 Å². The van der Waals surface area contributed by atoms with E-state index in [1.807, 2.05) is 48.5 Å². The van der Waals surface area contributed by atoms with Crippen molar-refractivity contribution in [3.8, 4) is 0 Å². The molecule has 2 heteroatoms. The quantitative estimate of drug-likeness (QED) is 0.454. The van der Waals surface area contributed by atoms with E-state index in [2.05, 4.69) is 34.7 Å². The number of nitrogens with zero attached hydrogens (tertiary/aromatic N) is 2. The lowest BCUT2D eigenvalue weighted by molar-refractivity contribution is 1.32. The third kappa shape index (κ3) is 3.18. The maximum absolute atomic E-state index is 4.58. The summed E-state index contributed by atoms with van der Waals surface area (Å²) in [5.41, 5.74) is 3.19. The van der Waals surface area contributed by atoms with Crippen molar-refractivity contribution in [3.05, 3.63) is 91.3 Å². The number of aromatic nitrogens is 2. The average Bonchev–Trinajstić information content (AvgIpc) is 2.61. The summed E-state index contributed by atoms with van der Waals surface area (Å²) in [7, 11) is 0. The van der Waals surface area contributed by atoms with Crippen LogP contribution in [-0.2, 0) is 0 Å². The molecule has 22 heavy (non-hydrogen) atoms. The van der Waals surface area contributed by atoms with Crippen LogP contribution < -0.4 is 0 Å². The third-order valence-electron chi connectivity index (χ3n) is 3.35. The smallest absolute Gasteiger partial charge is 0.0709 e. The minimum Gasteiger partial charge on any atom is -0.264 e. The number of para-hydroxylation sites is 2. The fraction of sp³-hybridized carbons (Fsp3) is 0. The van der Waals surface area contributed by atoms with Crippen LogP contribution in [0.3, 0.4) is 0 Å². The highest BCUT2D eigenvalue weighted by Crippen LogP contribution is 2.18. The number of fused-ring (bicyclic) bond motifs is 2. The van der Waals surface area contributed by atoms with Crippen LogP contribution in [0, 0.1) is 0 Å². The molecule has 0 bridgehead atoms. The van der Waals surface area contributed by atoms with E-state index < -0.39 is 0 Å². The minimum atomic E-state index is 1.06. The predicted molar refractivity (Wildman–Crippen MR) is 93.6 cm³/mol. The van der Waals surface area contributed by atoms with Crippen LogP contribution in [0.15, 0.2) is 85.7 Å². The maximum Gasteiger partial charge on any atom is 0.0709 e. The summed E-state index contributed by atoms with van der Waals surface area (Å²) in [5.74, 6) is 0. The van der Waals surface area contributed by atoms with Gasteiger partial charge in [-0.05, 0) is 29.8 Å². The van der Waals surface area contributed by atoms with Gasteiger partial charge in [0.1, 0.15) is 0 Å². The van der Waals surface area contributed by atoms with E-state index in [1.165, 1.54) is 10.8 Å². The third-order valence-corrected chi connectivity index (χ3v) is 3.35. The predicted octanol–water partition coefficient (Wildman–Crippen LogP) is 5.11. The molecule has 0 saturated heterocycles. The van der Waals surface area contributed by atoms with E-state index in [4.69, 9.17) is 0 Å². The van der Waals surface area contributed by atoms with E-state index >= 15 is 0 Å². The Labute approximate surface area is 129 Å². The molecule has 2 heterocycles. The molecule has 0 unspecified atom stereocenters. The molecule has 0 fully saturated rings. The van der Waals surface area contributed by atoms with Gasteiger partial charge < -0.3 is 0 Å². The van der Waals surface area contributed by atoms with Crippen molar-refractivity contribution in [2.75, 3.05) is 0 Å². The van der Waals surface area contributed by atoms with Gasteiger partial charge in [-0.3, -0.25) is 4.98 Å². The van der Waals surface area contributed by atoms with Crippen molar-refractivity contribution in [1.82, 2.24) is 9.97 Å². The minimum absolute atomic E-state index is 1.06. The van der Waals surface area contributed by atoms with Gasteiger partial charge in [0.05, 0.1) is 11.0 Å². The molecule has 2 aromatic carbocycles. The van der Waals surface area contributed by atoms with E-state index in [1.54, 1.807) is 18.5 Å². The number of hydrogen-bond acceptors (Lipinski definition) is 2. The van der Waals surface area contributed by atoms with E-state index in [9.17, 15) is 0 Å². The molecule has 0 amide bonds. The van der Waals surface area contributed by atoms with Gasteiger partial charge >= 0.3 is 0 Å². The fourth-order valence-electron chi connectivity index (χ4n) is 2.22. The number of benzene rings is 2. The second kappa shape index (κ2) is 6.64. The summed E-state index contributed by atoms with van der Waals surface area (Å²) in [4.78, 5) is 8.46. The number of rotatable bonds is 1. The van der Waals surface area contributed by atoms with Gasteiger partial charge in [0.25, 0.3) is 0 Å². The van der Waals surface area contributed by atoms with Gasteiger partial charge in [-0.1, -0.05) is 55.1 Å². The molecule has 0 N–H and O–H groups in total. The Morgan fingerprint density at radius 2 is 1.41 bits per heavy atom. The van der Waals surface area contributed by atoms with Gasteiger partial charge in [0.15, 0.2) is 0 Å². The topological polar surface area (TPSA) is 25.8 Å². The molecule has 4 aromatic rings. The first-order valence-electron chi connectivity index (χ1n) is 7.14. The molecule has 2 nitrogen and oxygen atoms in total. The molecule has 0 radical (unpaired) electrons. The Morgan fingerprint density at radius 1 is 0.773 bits per heavy atom. The molecular weight excluding hydrogens is 268 g/mol. The SMILES string of the molecule is C=Cc1cccnc1.c1ccc2nc3ccccc3cc2c1. The van der Waals surface area contributed by atoms with E-state index in [-0.39, 0.29) is 0 Å². The molecular formula is C20H16N2. The van der Waals surface area contributed by atoms with Crippen LogP contribution in [0.1, 0.15) is 5.56 Å². The molecule has 0 aliphatic rings. The normalized spacial score (nSPS) is 10.0. The first-order valence-corrected chi connectivity index (χ1v) is 7.14. The van der Waals surface area contributed by atoms with Crippen LogP contribution in [0.2, 0.25) is 0 Å². The lowest BCUT2D eigenvalue weighted by atomic mass is 10.1. The Kier molecular flexibility index (Phi) is 4.21. The molecule has 0 aliphatic heterocycles. The standard InChI is InChI=1S/C13H9N.C7H7N/c1-3-7-12-10(5-1)9-11-6-2-4-8-13(11)14-12;1-2-7-4-3-5-8-6-7/h1-9H;2-6H,1H2. The van der Waals surface area contributed by atoms with Crippen molar-refractivity contribution < 1.29 is 0 Å². The summed E-state index contributed by atoms with van der Waals surface area (Å²) in [6.45, 7) is 3.59. The average molecular weight is 284 g/mol. The summed E-state index contributed by atoms with van der Waals surface area (Å²) in [6, 6.07) is 22.4. The Balaban J connectivity index is 0.000000154. The zero-order valence-electron chi connectivity index (χ0n) is 12.2. The Bertz CT molecular complexity index is 794. The largest absolute Gasteiger partial charge is 0.264 e. The van der Waals surface area contributed by atoms with Crippen molar-refractivity contribution >= 4 is 27.9 Å². The maximum atomic E-state index is 4.58. The van der Waals surface area contributed by atoms with Gasteiger partial charge in [0.2, 0.25) is 0 Å². The van der Waals surface area contributed by atoms with E-state index in [0.717, 1.165) is 16.6 Å². The first-order chi connectivity index (χ1) is 10.9. The van der Waals surface area contributed by atoms with Crippen LogP contribution in [-0.4, -0.2) is 9.97 Å². The van der Waals surface area contributed by atoms with Gasteiger partial charge in [-0.2, -0.15) is 0 Å². The van der Waals surface area contributed by atoms with Gasteiger partial charge in [-0.25, -0.2) is 4.98 Å². The van der Waals surface area contributed by atoms with Crippen LogP contribution in [0.25, 0.3) is 27.9 Å². The van der Waals surface area contributed by atoms with Crippen LogP contribution in [0.4, 0.5) is 0 Å². The molecule has 4 rings (SSSR count). The highest BCUT2D eigenvalue weighted by Gasteiger charge is 1.96. The Hall–Kier alpha value is -3.00.